The van der Waals surface area contributed by atoms with Gasteiger partial charge in [0.05, 0.1) is 91.2 Å². The molecule has 0 fully saturated rings. The summed E-state index contributed by atoms with van der Waals surface area (Å²) < 4.78 is 40.7. The molecule has 0 radical (unpaired) electrons. The lowest BCUT2D eigenvalue weighted by atomic mass is 9.85. The average molecular weight is 1930 g/mol. The molecule has 145 heavy (non-hydrogen) atoms. The molecule has 6 aliphatic rings. The smallest absolute Gasteiger partial charge is 0.212 e. The molecule has 0 amide bonds. The summed E-state index contributed by atoms with van der Waals surface area (Å²) in [4.78, 5) is 50.8. The molecule has 0 spiro atoms. The Morgan fingerprint density at radius 2 is 0.648 bits per heavy atom. The molecule has 0 bridgehead atoms. The predicted octanol–water partition coefficient (Wildman–Crippen LogP) is 29.9. The number of aromatic amines is 6. The number of hydrogen-bond acceptors (Lipinski definition) is 12. The van der Waals surface area contributed by atoms with Gasteiger partial charge in [0.1, 0.15) is 23.1 Å². The fourth-order valence-corrected chi connectivity index (χ4v) is 24.1. The van der Waals surface area contributed by atoms with Crippen LogP contribution in [0, 0.1) is 24.5 Å². The van der Waals surface area contributed by atoms with Crippen molar-refractivity contribution in [2.45, 2.75) is 161 Å². The largest absolute Gasteiger partial charge is 0.508 e. The molecule has 8 N–H and O–H groups in total. The number of aromatic hydroxyl groups is 2. The number of rotatable bonds is 6. The fraction of sp³-hybridized carbons (Fsp3) is 0.203. The van der Waals surface area contributed by atoms with Crippen molar-refractivity contribution in [1.29, 1.82) is 0 Å². The van der Waals surface area contributed by atoms with Crippen molar-refractivity contribution < 1.29 is 23.4 Å². The number of phenolic OH excluding ortho intramolecular Hbond substituents is 1. The molecule has 0 saturated carbocycles. The van der Waals surface area contributed by atoms with Gasteiger partial charge in [-0.25, -0.2) is 28.7 Å². The van der Waals surface area contributed by atoms with Gasteiger partial charge in [-0.2, -0.15) is 14.6 Å². The van der Waals surface area contributed by atoms with Crippen molar-refractivity contribution in [3.05, 3.63) is 357 Å². The normalized spacial score (nSPS) is 14.2. The monoisotopic (exact) mass is 1930 g/mol. The number of aromatic nitrogens is 16. The molecule has 0 unspecified atom stereocenters. The van der Waals surface area contributed by atoms with Gasteiger partial charge in [0, 0.05) is 156 Å². The molecule has 0 saturated heterocycles. The van der Waals surface area contributed by atoms with Gasteiger partial charge in [-0.05, 0) is 415 Å². The van der Waals surface area contributed by atoms with E-state index in [-0.39, 0.29) is 17.4 Å². The lowest BCUT2D eigenvalue weighted by molar-refractivity contribution is 0.472. The number of pyridine rings is 8. The maximum Gasteiger partial charge on any atom is 0.212 e. The summed E-state index contributed by atoms with van der Waals surface area (Å²) in [6, 6.07) is 69.5. The summed E-state index contributed by atoms with van der Waals surface area (Å²) in [6.07, 6.45) is 39.8. The molecule has 22 heteroatoms. The number of hydrogen-bond donors (Lipinski definition) is 8. The van der Waals surface area contributed by atoms with Crippen molar-refractivity contribution in [2.75, 3.05) is 0 Å². The third-order valence-corrected chi connectivity index (χ3v) is 30.8. The van der Waals surface area contributed by atoms with E-state index in [1.54, 1.807) is 54.7 Å². The Bertz CT molecular complexity index is 8610. The Morgan fingerprint density at radius 1 is 0.269 bits per heavy atom. The quantitative estimate of drug-likeness (QED) is 0.0723. The summed E-state index contributed by atoms with van der Waals surface area (Å²) in [5, 5.41) is 49.3. The number of nitrogens with zero attached hydrogens (tertiary/aromatic N) is 10. The van der Waals surface area contributed by atoms with Gasteiger partial charge in [0.15, 0.2) is 0 Å². The van der Waals surface area contributed by atoms with Crippen LogP contribution < -0.4 is 0 Å². The van der Waals surface area contributed by atoms with Gasteiger partial charge in [-0.3, -0.25) is 30.1 Å². The minimum Gasteiger partial charge on any atom is -0.508 e. The second kappa shape index (κ2) is 38.2. The van der Waals surface area contributed by atoms with Crippen LogP contribution in [0.2, 0.25) is 5.02 Å². The summed E-state index contributed by atoms with van der Waals surface area (Å²) in [5.74, 6) is -0.389. The first-order valence-corrected chi connectivity index (χ1v) is 51.2. The lowest BCUT2D eigenvalue weighted by Crippen LogP contribution is -2.08. The zero-order chi connectivity index (χ0) is 97.4. The molecule has 30 rings (SSSR count). The zero-order valence-electron chi connectivity index (χ0n) is 80.2. The average Bonchev–Trinajstić information content (AvgIpc) is 1.52. The molecule has 10 aromatic carbocycles. The lowest BCUT2D eigenvalue weighted by Gasteiger charge is -2.23. The maximum atomic E-state index is 13.7. The number of fused-ring (bicyclic) bond motifs is 30. The number of H-pyrrole nitrogens is 6. The first-order chi connectivity index (χ1) is 71.3. The maximum absolute atomic E-state index is 13.7. The zero-order valence-corrected chi connectivity index (χ0v) is 80.9. The van der Waals surface area contributed by atoms with Gasteiger partial charge in [-0.15, -0.1) is 0 Å². The first-order valence-electron chi connectivity index (χ1n) is 50.8. The highest BCUT2D eigenvalue weighted by Gasteiger charge is 2.30. The Hall–Kier alpha value is -16.3. The number of nitrogens with one attached hydrogen (secondary N) is 6. The van der Waals surface area contributed by atoms with Crippen LogP contribution in [0.5, 0.6) is 11.5 Å². The third kappa shape index (κ3) is 16.9. The van der Waals surface area contributed by atoms with Crippen LogP contribution in [0.3, 0.4) is 0 Å². The van der Waals surface area contributed by atoms with Crippen molar-refractivity contribution in [3.63, 3.8) is 0 Å². The molecule has 6 aliphatic carbocycles. The van der Waals surface area contributed by atoms with E-state index in [0.29, 0.717) is 5.75 Å². The second-order valence-corrected chi connectivity index (χ2v) is 39.7. The highest BCUT2D eigenvalue weighted by Crippen LogP contribution is 2.47. The van der Waals surface area contributed by atoms with E-state index >= 15 is 0 Å². The number of benzene rings is 10. The SMILES string of the molecule is Cc1cc2c(ccc3nc(-c4ccc(O)cc4)c4c(c32)CCCC4)[nH]1.Clc1ccc(-c2[nH]c3ccc4nccc4c3c3c2CCCC3)cc1.Fc1ccc(-c2[nH]c3ccc4nccc4c3c3c2CCCC3)cn1.Fc1cccc(-c2[nH]c3ccc4nccc4c3c3c2CCCC3)c1.Fc1cccc(-c2nc3ccc4[nH]ncc4c3c3c2CCCC3)c1.Oc1ccc(-c2nc3ccc4[nH]ncc4c3c3c2CCCC3)nc1. The Balaban J connectivity index is 0.0000000909. The van der Waals surface area contributed by atoms with E-state index in [1.807, 2.05) is 91.6 Å². The van der Waals surface area contributed by atoms with Crippen LogP contribution in [0.25, 0.3) is 199 Å². The Kier molecular flexibility index (Phi) is 23.7. The van der Waals surface area contributed by atoms with E-state index < -0.39 is 5.95 Å². The predicted molar refractivity (Wildman–Crippen MR) is 578 cm³/mol. The minimum atomic E-state index is -0.446. The van der Waals surface area contributed by atoms with Crippen LogP contribution in [-0.2, 0) is 77.0 Å². The first kappa shape index (κ1) is 90.0. The highest BCUT2D eigenvalue weighted by atomic mass is 35.5. The van der Waals surface area contributed by atoms with E-state index in [4.69, 9.17) is 26.6 Å². The van der Waals surface area contributed by atoms with E-state index in [0.717, 1.165) is 211 Å². The topological polar surface area (TPSA) is 264 Å². The molecular formula is C123H102ClF3N16O2. The van der Waals surface area contributed by atoms with Gasteiger partial charge < -0.3 is 30.1 Å². The van der Waals surface area contributed by atoms with Gasteiger partial charge in [0.2, 0.25) is 5.95 Å². The van der Waals surface area contributed by atoms with Crippen LogP contribution in [0.4, 0.5) is 13.2 Å². The molecule has 0 atom stereocenters. The van der Waals surface area contributed by atoms with Crippen LogP contribution in [-0.4, -0.2) is 90.4 Å². The van der Waals surface area contributed by atoms with E-state index in [1.165, 1.54) is 244 Å². The van der Waals surface area contributed by atoms with Crippen molar-refractivity contribution in [3.8, 4) is 79.2 Å². The van der Waals surface area contributed by atoms with Crippen molar-refractivity contribution >= 4 is 142 Å². The second-order valence-electron chi connectivity index (χ2n) is 39.3. The molecule has 18 nitrogen and oxygen atoms in total. The molecule has 14 heterocycles. The van der Waals surface area contributed by atoms with Crippen LogP contribution >= 0.6 is 11.6 Å². The summed E-state index contributed by atoms with van der Waals surface area (Å²) >= 11 is 6.07. The fourth-order valence-electron chi connectivity index (χ4n) is 24.0. The van der Waals surface area contributed by atoms with Crippen molar-refractivity contribution in [2.24, 2.45) is 0 Å². The minimum absolute atomic E-state index is 0.175. The Labute approximate surface area is 837 Å². The van der Waals surface area contributed by atoms with Gasteiger partial charge in [-0.1, -0.05) is 48.0 Å². The molecular weight excluding hydrogens is 1830 g/mol. The molecule has 14 aromatic heterocycles. The van der Waals surface area contributed by atoms with Crippen LogP contribution in [0.15, 0.2) is 262 Å². The van der Waals surface area contributed by atoms with Gasteiger partial charge in [0.25, 0.3) is 0 Å². The summed E-state index contributed by atoms with van der Waals surface area (Å²) in [7, 11) is 0. The number of halogens is 4. The van der Waals surface area contributed by atoms with Gasteiger partial charge >= 0.3 is 0 Å². The number of aryl methyl sites for hydroxylation is 7. The standard InChI is InChI=1S/C22H20N2O.C21H17ClN2.C21H17FN2.2C20H16FN3.C19H16N4O/c1-13-12-18-19(23-13)10-11-20-21(18)16-4-2-3-5-17(16)22(24-20)14-6-8-15(25)9-7-14;22-14-7-5-13(6-8-14)21-16-4-2-1-3-15(16)20-17-11-12-23-18(17)9-10-19(20)24-21;22-14-5-3-4-13(12-14)21-16-7-2-1-6-15(16)20-17-10-11-23-18(17)8-9-19(20)24-21;21-13-5-3-4-12(10-13)20-15-7-2-1-6-14(15)19-16-11-22-24-17(16)8-9-18(19)23-20;21-18-8-5-12(11-23-18)20-14-4-2-1-3-13(14)19-15-9-10-22-16(15)6-7-17(19)24-20;24-11-5-6-17(20-9-11)19-13-4-2-1-3-12(13)18-14-10-21-23-15(14)7-8-16(18)22-19/h6-12,23,25H,2-5H2,1H3;5-12,24H,1-4H2;3-5,8-12,24H,1-2,6-7H2;3-5,8-11H,1-2,6-7H2,(H,22,24);5-11,24H,1-4H2;5-10,24H,1-4H2,(H,21,23). The third-order valence-electron chi connectivity index (χ3n) is 30.5. The molecule has 0 aliphatic heterocycles. The Morgan fingerprint density at radius 3 is 1.11 bits per heavy atom. The van der Waals surface area contributed by atoms with Crippen molar-refractivity contribution in [1.82, 2.24) is 80.2 Å². The summed E-state index contributed by atoms with van der Waals surface area (Å²) in [6.45, 7) is 2.11. The van der Waals surface area contributed by atoms with Crippen LogP contribution in [0.1, 0.15) is 150 Å². The molecule has 714 valence electrons. The number of phenols is 1. The highest BCUT2D eigenvalue weighted by molar-refractivity contribution is 6.30. The van der Waals surface area contributed by atoms with E-state index in [2.05, 4.69) is 163 Å². The summed E-state index contributed by atoms with van der Waals surface area (Å²) in [5.41, 5.74) is 42.8. The van der Waals surface area contributed by atoms with E-state index in [9.17, 15) is 23.4 Å². The molecule has 24 aromatic rings.